The third-order valence-electron chi connectivity index (χ3n) is 3.03. The first-order valence-electron chi connectivity index (χ1n) is 7.78. The second kappa shape index (κ2) is 7.25. The molecule has 2 aromatic rings. The number of aromatic amines is 1. The number of anilines is 1. The SMILES string of the molecule is CC(C)Oc1cccc(/C=N/Nc2nc(=O)[nH]nc2C(C)(C)C)c1. The largest absolute Gasteiger partial charge is 0.491 e. The summed E-state index contributed by atoms with van der Waals surface area (Å²) in [7, 11) is 0. The standard InChI is InChI=1S/C17H23N5O2/c1-11(2)24-13-8-6-7-12(9-13)10-18-21-15-14(17(3,4)5)20-22-16(23)19-15/h6-11H,1-5H3,(H2,19,21,22,23)/b18-10+. The summed E-state index contributed by atoms with van der Waals surface area (Å²) in [6.07, 6.45) is 1.75. The molecule has 0 saturated carbocycles. The van der Waals surface area contributed by atoms with Gasteiger partial charge in [-0.2, -0.15) is 15.2 Å². The summed E-state index contributed by atoms with van der Waals surface area (Å²) >= 11 is 0. The highest BCUT2D eigenvalue weighted by atomic mass is 16.5. The van der Waals surface area contributed by atoms with Crippen molar-refractivity contribution in [1.29, 1.82) is 0 Å². The van der Waals surface area contributed by atoms with E-state index < -0.39 is 5.69 Å². The van der Waals surface area contributed by atoms with Crippen LogP contribution in [-0.2, 0) is 5.41 Å². The molecule has 2 N–H and O–H groups in total. The van der Waals surface area contributed by atoms with Crippen LogP contribution in [0.25, 0.3) is 0 Å². The highest BCUT2D eigenvalue weighted by Gasteiger charge is 2.21. The van der Waals surface area contributed by atoms with Crippen LogP contribution in [0.1, 0.15) is 45.9 Å². The lowest BCUT2D eigenvalue weighted by atomic mass is 9.92. The van der Waals surface area contributed by atoms with Gasteiger partial charge in [-0.3, -0.25) is 5.43 Å². The smallest absolute Gasteiger partial charge is 0.363 e. The quantitative estimate of drug-likeness (QED) is 0.650. The number of nitrogens with zero attached hydrogens (tertiary/aromatic N) is 3. The van der Waals surface area contributed by atoms with Gasteiger partial charge in [0.1, 0.15) is 11.4 Å². The average Bonchev–Trinajstić information content (AvgIpc) is 2.45. The Morgan fingerprint density at radius 3 is 2.75 bits per heavy atom. The molecule has 1 aromatic heterocycles. The van der Waals surface area contributed by atoms with Gasteiger partial charge in [0.2, 0.25) is 0 Å². The fraction of sp³-hybridized carbons (Fsp3) is 0.412. The number of nitrogens with one attached hydrogen (secondary N) is 2. The van der Waals surface area contributed by atoms with E-state index in [1.54, 1.807) is 6.21 Å². The minimum Gasteiger partial charge on any atom is -0.491 e. The van der Waals surface area contributed by atoms with Gasteiger partial charge in [-0.05, 0) is 31.5 Å². The number of aromatic nitrogens is 3. The Morgan fingerprint density at radius 1 is 1.33 bits per heavy atom. The monoisotopic (exact) mass is 329 g/mol. The molecule has 0 atom stereocenters. The fourth-order valence-electron chi connectivity index (χ4n) is 2.05. The van der Waals surface area contributed by atoms with Gasteiger partial charge in [-0.1, -0.05) is 32.9 Å². The second-order valence-corrected chi connectivity index (χ2v) is 6.70. The molecule has 0 amide bonds. The van der Waals surface area contributed by atoms with E-state index in [2.05, 4.69) is 25.7 Å². The van der Waals surface area contributed by atoms with Gasteiger partial charge in [-0.15, -0.1) is 0 Å². The number of rotatable bonds is 5. The van der Waals surface area contributed by atoms with Crippen molar-refractivity contribution < 1.29 is 4.74 Å². The lowest BCUT2D eigenvalue weighted by molar-refractivity contribution is 0.242. The van der Waals surface area contributed by atoms with E-state index >= 15 is 0 Å². The summed E-state index contributed by atoms with van der Waals surface area (Å²) in [5, 5.41) is 10.6. The zero-order valence-electron chi connectivity index (χ0n) is 14.6. The van der Waals surface area contributed by atoms with Gasteiger partial charge in [0.05, 0.1) is 12.3 Å². The predicted octanol–water partition coefficient (Wildman–Crippen LogP) is 2.70. The van der Waals surface area contributed by atoms with Crippen LogP contribution < -0.4 is 15.9 Å². The van der Waals surface area contributed by atoms with Gasteiger partial charge in [0.25, 0.3) is 0 Å². The van der Waals surface area contributed by atoms with Crippen LogP contribution in [0.2, 0.25) is 0 Å². The molecule has 0 saturated heterocycles. The maximum Gasteiger partial charge on any atom is 0.363 e. The summed E-state index contributed by atoms with van der Waals surface area (Å²) in [6.45, 7) is 9.90. The van der Waals surface area contributed by atoms with Crippen LogP contribution in [-0.4, -0.2) is 27.5 Å². The molecule has 1 heterocycles. The third kappa shape index (κ3) is 4.91. The molecule has 1 aromatic carbocycles. The van der Waals surface area contributed by atoms with Crippen LogP contribution in [0.5, 0.6) is 5.75 Å². The minimum atomic E-state index is -0.520. The number of hydrazone groups is 1. The van der Waals surface area contributed by atoms with Gasteiger partial charge in [0, 0.05) is 5.41 Å². The molecule has 0 aliphatic carbocycles. The van der Waals surface area contributed by atoms with Crippen LogP contribution in [0.15, 0.2) is 34.2 Å². The van der Waals surface area contributed by atoms with E-state index in [0.717, 1.165) is 11.3 Å². The zero-order valence-corrected chi connectivity index (χ0v) is 14.6. The summed E-state index contributed by atoms with van der Waals surface area (Å²) < 4.78 is 5.65. The maximum atomic E-state index is 11.4. The molecule has 0 fully saturated rings. The van der Waals surface area contributed by atoms with E-state index in [1.165, 1.54) is 0 Å². The van der Waals surface area contributed by atoms with Gasteiger partial charge >= 0.3 is 5.69 Å². The van der Waals surface area contributed by atoms with Crippen LogP contribution in [0.3, 0.4) is 0 Å². The Labute approximate surface area is 141 Å². The Morgan fingerprint density at radius 2 is 2.08 bits per heavy atom. The predicted molar refractivity (Wildman–Crippen MR) is 94.8 cm³/mol. The van der Waals surface area contributed by atoms with Crippen molar-refractivity contribution in [3.05, 3.63) is 46.0 Å². The molecule has 7 heteroatoms. The lowest BCUT2D eigenvalue weighted by Gasteiger charge is -2.18. The first kappa shape index (κ1) is 17.7. The van der Waals surface area contributed by atoms with Crippen molar-refractivity contribution in [2.75, 3.05) is 5.43 Å². The number of hydrogen-bond acceptors (Lipinski definition) is 6. The topological polar surface area (TPSA) is 92.3 Å². The van der Waals surface area contributed by atoms with Crippen molar-refractivity contribution in [2.45, 2.75) is 46.1 Å². The maximum absolute atomic E-state index is 11.4. The van der Waals surface area contributed by atoms with E-state index in [9.17, 15) is 4.79 Å². The number of hydrogen-bond donors (Lipinski definition) is 2. The zero-order chi connectivity index (χ0) is 17.7. The summed E-state index contributed by atoms with van der Waals surface area (Å²) in [5.41, 5.74) is 3.51. The van der Waals surface area contributed by atoms with E-state index in [0.29, 0.717) is 11.5 Å². The molecular formula is C17H23N5O2. The Balaban J connectivity index is 2.18. The molecule has 0 bridgehead atoms. The molecule has 0 aliphatic rings. The molecule has 128 valence electrons. The van der Waals surface area contributed by atoms with Crippen molar-refractivity contribution >= 4 is 12.0 Å². The molecule has 0 spiro atoms. The average molecular weight is 329 g/mol. The Bertz CT molecular complexity index is 775. The number of benzene rings is 1. The van der Waals surface area contributed by atoms with Crippen LogP contribution >= 0.6 is 0 Å². The molecule has 24 heavy (non-hydrogen) atoms. The number of ether oxygens (including phenoxy) is 1. The Kier molecular flexibility index (Phi) is 5.33. The summed E-state index contributed by atoms with van der Waals surface area (Å²) in [6, 6.07) is 7.59. The van der Waals surface area contributed by atoms with Gasteiger partial charge in [-0.25, -0.2) is 9.89 Å². The van der Waals surface area contributed by atoms with Crippen molar-refractivity contribution in [2.24, 2.45) is 5.10 Å². The second-order valence-electron chi connectivity index (χ2n) is 6.70. The highest BCUT2D eigenvalue weighted by molar-refractivity contribution is 5.80. The minimum absolute atomic E-state index is 0.107. The molecule has 0 aliphatic heterocycles. The molecule has 0 radical (unpaired) electrons. The van der Waals surface area contributed by atoms with Crippen molar-refractivity contribution in [3.63, 3.8) is 0 Å². The Hall–Kier alpha value is -2.70. The normalized spacial score (nSPS) is 11.9. The van der Waals surface area contributed by atoms with Crippen molar-refractivity contribution in [1.82, 2.24) is 15.2 Å². The molecule has 7 nitrogen and oxygen atoms in total. The van der Waals surface area contributed by atoms with Crippen LogP contribution in [0.4, 0.5) is 5.82 Å². The molecule has 0 unspecified atom stereocenters. The first-order chi connectivity index (χ1) is 11.3. The summed E-state index contributed by atoms with van der Waals surface area (Å²) in [5.74, 6) is 1.12. The van der Waals surface area contributed by atoms with Gasteiger partial charge in [0.15, 0.2) is 5.82 Å². The third-order valence-corrected chi connectivity index (χ3v) is 3.03. The van der Waals surface area contributed by atoms with E-state index in [-0.39, 0.29) is 11.5 Å². The van der Waals surface area contributed by atoms with Gasteiger partial charge < -0.3 is 4.74 Å². The first-order valence-corrected chi connectivity index (χ1v) is 7.78. The molecule has 2 rings (SSSR count). The lowest BCUT2D eigenvalue weighted by Crippen LogP contribution is -2.24. The van der Waals surface area contributed by atoms with Crippen molar-refractivity contribution in [3.8, 4) is 5.75 Å². The van der Waals surface area contributed by atoms with E-state index in [4.69, 9.17) is 4.74 Å². The highest BCUT2D eigenvalue weighted by Crippen LogP contribution is 2.24. The number of H-pyrrole nitrogens is 1. The molecular weight excluding hydrogens is 306 g/mol. The van der Waals surface area contributed by atoms with Crippen LogP contribution in [0, 0.1) is 0 Å². The fourth-order valence-corrected chi connectivity index (χ4v) is 2.05. The van der Waals surface area contributed by atoms with E-state index in [1.807, 2.05) is 58.9 Å². The summed E-state index contributed by atoms with van der Waals surface area (Å²) in [4.78, 5) is 15.3.